The van der Waals surface area contributed by atoms with Gasteiger partial charge in [0.15, 0.2) is 0 Å². The lowest BCUT2D eigenvalue weighted by atomic mass is 10.1. The molecule has 2 aromatic rings. The SMILES string of the molecule is O=C(Nc1ccc(Cl)cc1)c1ccc(F)c(C(F)(F)F)c1. The van der Waals surface area contributed by atoms with Crippen molar-refractivity contribution in [2.45, 2.75) is 6.18 Å². The first-order valence-corrected chi connectivity index (χ1v) is 6.09. The Morgan fingerprint density at radius 1 is 1.05 bits per heavy atom. The van der Waals surface area contributed by atoms with Crippen LogP contribution < -0.4 is 5.32 Å². The van der Waals surface area contributed by atoms with E-state index in [0.29, 0.717) is 22.8 Å². The van der Waals surface area contributed by atoms with E-state index in [0.717, 1.165) is 6.07 Å². The van der Waals surface area contributed by atoms with Crippen LogP contribution in [-0.4, -0.2) is 5.91 Å². The quantitative estimate of drug-likeness (QED) is 0.796. The van der Waals surface area contributed by atoms with E-state index in [1.165, 1.54) is 24.3 Å². The molecule has 0 bridgehead atoms. The first-order valence-electron chi connectivity index (χ1n) is 5.71. The third-order valence-electron chi connectivity index (χ3n) is 2.64. The molecule has 0 radical (unpaired) electrons. The van der Waals surface area contributed by atoms with Crippen molar-refractivity contribution in [2.75, 3.05) is 5.32 Å². The summed E-state index contributed by atoms with van der Waals surface area (Å²) in [7, 11) is 0. The minimum atomic E-state index is -4.86. The van der Waals surface area contributed by atoms with Gasteiger partial charge in [0.25, 0.3) is 5.91 Å². The molecule has 0 unspecified atom stereocenters. The maximum atomic E-state index is 13.1. The molecule has 0 saturated carbocycles. The van der Waals surface area contributed by atoms with Gasteiger partial charge in [-0.1, -0.05) is 11.6 Å². The van der Waals surface area contributed by atoms with Crippen LogP contribution in [0.15, 0.2) is 42.5 Å². The van der Waals surface area contributed by atoms with Crippen molar-refractivity contribution in [3.05, 3.63) is 64.4 Å². The van der Waals surface area contributed by atoms with Gasteiger partial charge in [0.2, 0.25) is 0 Å². The van der Waals surface area contributed by atoms with Gasteiger partial charge in [0, 0.05) is 16.3 Å². The Morgan fingerprint density at radius 2 is 1.67 bits per heavy atom. The lowest BCUT2D eigenvalue weighted by Gasteiger charge is -2.10. The highest BCUT2D eigenvalue weighted by Gasteiger charge is 2.34. The fraction of sp³-hybridized carbons (Fsp3) is 0.0714. The minimum Gasteiger partial charge on any atom is -0.322 e. The molecule has 0 spiro atoms. The Bertz CT molecular complexity index is 668. The Morgan fingerprint density at radius 3 is 2.24 bits per heavy atom. The van der Waals surface area contributed by atoms with Gasteiger partial charge in [-0.15, -0.1) is 0 Å². The van der Waals surface area contributed by atoms with Crippen LogP contribution in [0.4, 0.5) is 23.2 Å². The third kappa shape index (κ3) is 3.72. The van der Waals surface area contributed by atoms with Gasteiger partial charge in [-0.2, -0.15) is 13.2 Å². The van der Waals surface area contributed by atoms with Crippen LogP contribution in [0.2, 0.25) is 5.02 Å². The molecule has 7 heteroatoms. The van der Waals surface area contributed by atoms with E-state index in [4.69, 9.17) is 11.6 Å². The van der Waals surface area contributed by atoms with Gasteiger partial charge < -0.3 is 5.32 Å². The second-order valence-corrected chi connectivity index (χ2v) is 4.59. The maximum absolute atomic E-state index is 13.1. The predicted octanol–water partition coefficient (Wildman–Crippen LogP) is 4.75. The summed E-state index contributed by atoms with van der Waals surface area (Å²) in [4.78, 5) is 11.9. The molecule has 1 N–H and O–H groups in total. The van der Waals surface area contributed by atoms with E-state index in [9.17, 15) is 22.4 Å². The summed E-state index contributed by atoms with van der Waals surface area (Å²) in [6.07, 6.45) is -4.86. The van der Waals surface area contributed by atoms with Crippen molar-refractivity contribution < 1.29 is 22.4 Å². The largest absolute Gasteiger partial charge is 0.419 e. The highest BCUT2D eigenvalue weighted by atomic mass is 35.5. The summed E-state index contributed by atoms with van der Waals surface area (Å²) in [6, 6.07) is 8.09. The number of amides is 1. The zero-order chi connectivity index (χ0) is 15.6. The standard InChI is InChI=1S/C14H8ClF4NO/c15-9-2-4-10(5-3-9)20-13(21)8-1-6-12(16)11(7-8)14(17,18)19/h1-7H,(H,20,21). The van der Waals surface area contributed by atoms with Crippen LogP contribution in [0.5, 0.6) is 0 Å². The molecule has 0 atom stereocenters. The number of alkyl halides is 3. The van der Waals surface area contributed by atoms with E-state index >= 15 is 0 Å². The molecule has 110 valence electrons. The lowest BCUT2D eigenvalue weighted by Crippen LogP contribution is -2.15. The Labute approximate surface area is 122 Å². The summed E-state index contributed by atoms with van der Waals surface area (Å²) in [5.41, 5.74) is -1.41. The first-order chi connectivity index (χ1) is 9.77. The molecule has 21 heavy (non-hydrogen) atoms. The number of nitrogens with one attached hydrogen (secondary N) is 1. The number of hydrogen-bond acceptors (Lipinski definition) is 1. The predicted molar refractivity (Wildman–Crippen MR) is 70.8 cm³/mol. The van der Waals surface area contributed by atoms with Crippen molar-refractivity contribution in [1.82, 2.24) is 0 Å². The molecule has 0 aliphatic heterocycles. The van der Waals surface area contributed by atoms with Crippen molar-refractivity contribution >= 4 is 23.2 Å². The number of halogens is 5. The van der Waals surface area contributed by atoms with E-state index in [-0.39, 0.29) is 5.56 Å². The average molecular weight is 318 g/mol. The zero-order valence-corrected chi connectivity index (χ0v) is 11.1. The van der Waals surface area contributed by atoms with Gasteiger partial charge in [0.05, 0.1) is 5.56 Å². The molecule has 0 fully saturated rings. The van der Waals surface area contributed by atoms with Gasteiger partial charge >= 0.3 is 6.18 Å². The molecule has 0 aliphatic carbocycles. The zero-order valence-electron chi connectivity index (χ0n) is 10.3. The first kappa shape index (κ1) is 15.3. The van der Waals surface area contributed by atoms with Crippen molar-refractivity contribution in [3.8, 4) is 0 Å². The number of rotatable bonds is 2. The molecule has 0 heterocycles. The van der Waals surface area contributed by atoms with Crippen LogP contribution in [0, 0.1) is 5.82 Å². The molecule has 2 nitrogen and oxygen atoms in total. The minimum absolute atomic E-state index is 0.293. The summed E-state index contributed by atoms with van der Waals surface area (Å²) in [6.45, 7) is 0. The normalized spacial score (nSPS) is 11.3. The highest BCUT2D eigenvalue weighted by Crippen LogP contribution is 2.32. The lowest BCUT2D eigenvalue weighted by molar-refractivity contribution is -0.140. The van der Waals surface area contributed by atoms with E-state index in [1.54, 1.807) is 0 Å². The third-order valence-corrected chi connectivity index (χ3v) is 2.89. The molecule has 0 saturated heterocycles. The molecule has 2 aromatic carbocycles. The second-order valence-electron chi connectivity index (χ2n) is 4.15. The molecular weight excluding hydrogens is 310 g/mol. The van der Waals surface area contributed by atoms with Crippen LogP contribution in [-0.2, 0) is 6.18 Å². The molecule has 0 aromatic heterocycles. The topological polar surface area (TPSA) is 29.1 Å². The van der Waals surface area contributed by atoms with E-state index < -0.39 is 23.5 Å². The molecule has 1 amide bonds. The van der Waals surface area contributed by atoms with Crippen LogP contribution >= 0.6 is 11.6 Å². The summed E-state index contributed by atoms with van der Waals surface area (Å²) < 4.78 is 50.9. The maximum Gasteiger partial charge on any atom is 0.419 e. The van der Waals surface area contributed by atoms with Crippen LogP contribution in [0.25, 0.3) is 0 Å². The average Bonchev–Trinajstić information content (AvgIpc) is 2.40. The smallest absolute Gasteiger partial charge is 0.322 e. The van der Waals surface area contributed by atoms with Gasteiger partial charge in [-0.25, -0.2) is 4.39 Å². The monoisotopic (exact) mass is 317 g/mol. The van der Waals surface area contributed by atoms with Crippen LogP contribution in [0.3, 0.4) is 0 Å². The van der Waals surface area contributed by atoms with Gasteiger partial charge in [-0.3, -0.25) is 4.79 Å². The Hall–Kier alpha value is -2.08. The second kappa shape index (κ2) is 5.73. The summed E-state index contributed by atoms with van der Waals surface area (Å²) >= 11 is 5.67. The summed E-state index contributed by atoms with van der Waals surface area (Å²) in [5, 5.41) is 2.85. The van der Waals surface area contributed by atoms with E-state index in [2.05, 4.69) is 5.32 Å². The summed E-state index contributed by atoms with van der Waals surface area (Å²) in [5.74, 6) is -2.20. The van der Waals surface area contributed by atoms with Crippen molar-refractivity contribution in [2.24, 2.45) is 0 Å². The van der Waals surface area contributed by atoms with Gasteiger partial charge in [0.1, 0.15) is 5.82 Å². The number of anilines is 1. The molecular formula is C14H8ClF4NO. The number of benzene rings is 2. The Balaban J connectivity index is 2.25. The van der Waals surface area contributed by atoms with Gasteiger partial charge in [-0.05, 0) is 42.5 Å². The Kier molecular flexibility index (Phi) is 4.18. The van der Waals surface area contributed by atoms with E-state index in [1.807, 2.05) is 0 Å². The number of hydrogen-bond donors (Lipinski definition) is 1. The fourth-order valence-corrected chi connectivity index (χ4v) is 1.75. The van der Waals surface area contributed by atoms with Crippen molar-refractivity contribution in [3.63, 3.8) is 0 Å². The fourth-order valence-electron chi connectivity index (χ4n) is 1.62. The van der Waals surface area contributed by atoms with Crippen LogP contribution in [0.1, 0.15) is 15.9 Å². The molecule has 2 rings (SSSR count). The molecule has 0 aliphatic rings. The van der Waals surface area contributed by atoms with Crippen molar-refractivity contribution in [1.29, 1.82) is 0 Å². The number of carbonyl (C=O) groups is 1. The number of carbonyl (C=O) groups excluding carboxylic acids is 1. The highest BCUT2D eigenvalue weighted by molar-refractivity contribution is 6.30.